The third kappa shape index (κ3) is 2.76. The van der Waals surface area contributed by atoms with Gasteiger partial charge in [0.15, 0.2) is 0 Å². The molecule has 0 saturated carbocycles. The van der Waals surface area contributed by atoms with E-state index in [1.165, 1.54) is 4.31 Å². The zero-order chi connectivity index (χ0) is 12.3. The molecule has 8 heteroatoms. The minimum Gasteiger partial charge on any atom is -0.379 e. The molecular weight excluding hydrogens is 244 g/mol. The van der Waals surface area contributed by atoms with E-state index in [-0.39, 0.29) is 0 Å². The highest BCUT2D eigenvalue weighted by Crippen LogP contribution is 2.15. The van der Waals surface area contributed by atoms with Gasteiger partial charge in [0.05, 0.1) is 19.4 Å². The third-order valence-electron chi connectivity index (χ3n) is 2.64. The normalized spacial score (nSPS) is 18.2. The molecule has 0 aliphatic carbocycles. The fourth-order valence-electron chi connectivity index (χ4n) is 1.65. The van der Waals surface area contributed by atoms with Crippen molar-refractivity contribution in [2.45, 2.75) is 13.3 Å². The van der Waals surface area contributed by atoms with Crippen molar-refractivity contribution in [3.05, 3.63) is 11.8 Å². The summed E-state index contributed by atoms with van der Waals surface area (Å²) in [5.74, 6) is 0.444. The minimum absolute atomic E-state index is 0.380. The second-order valence-electron chi connectivity index (χ2n) is 3.74. The van der Waals surface area contributed by atoms with Gasteiger partial charge in [-0.05, 0) is 6.42 Å². The highest BCUT2D eigenvalue weighted by atomic mass is 32.2. The van der Waals surface area contributed by atoms with E-state index in [9.17, 15) is 8.42 Å². The van der Waals surface area contributed by atoms with Gasteiger partial charge in [0, 0.05) is 18.7 Å². The quantitative estimate of drug-likeness (QED) is 0.795. The molecule has 0 unspecified atom stereocenters. The van der Waals surface area contributed by atoms with Crippen LogP contribution < -0.4 is 4.72 Å². The molecule has 0 spiro atoms. The molecule has 1 aromatic rings. The first-order valence-electron chi connectivity index (χ1n) is 5.51. The fourth-order valence-corrected chi connectivity index (χ4v) is 2.84. The lowest BCUT2D eigenvalue weighted by Crippen LogP contribution is -2.43. The number of nitrogens with zero attached hydrogens (tertiary/aromatic N) is 2. The van der Waals surface area contributed by atoms with Crippen molar-refractivity contribution in [3.63, 3.8) is 0 Å². The summed E-state index contributed by atoms with van der Waals surface area (Å²) in [6.45, 7) is 3.57. The Morgan fingerprint density at radius 1 is 1.53 bits per heavy atom. The number of anilines is 1. The topological polar surface area (TPSA) is 87.3 Å². The Kier molecular flexibility index (Phi) is 3.65. The summed E-state index contributed by atoms with van der Waals surface area (Å²) in [5, 5.41) is 6.48. The first-order chi connectivity index (χ1) is 8.13. The molecule has 1 aliphatic heterocycles. The molecule has 17 heavy (non-hydrogen) atoms. The highest BCUT2D eigenvalue weighted by Gasteiger charge is 2.25. The zero-order valence-corrected chi connectivity index (χ0v) is 10.5. The number of aryl methyl sites for hydroxylation is 1. The number of hydrogen-bond acceptors (Lipinski definition) is 4. The van der Waals surface area contributed by atoms with Crippen molar-refractivity contribution >= 4 is 16.0 Å². The Bertz CT molecular complexity index is 464. The van der Waals surface area contributed by atoms with Crippen molar-refractivity contribution in [2.75, 3.05) is 31.0 Å². The molecule has 7 nitrogen and oxygen atoms in total. The van der Waals surface area contributed by atoms with Crippen molar-refractivity contribution in [1.82, 2.24) is 14.5 Å². The lowest BCUT2D eigenvalue weighted by Gasteiger charge is -2.26. The molecule has 1 aliphatic rings. The van der Waals surface area contributed by atoms with Crippen LogP contribution in [-0.2, 0) is 21.4 Å². The maximum absolute atomic E-state index is 12.0. The van der Waals surface area contributed by atoms with Crippen LogP contribution in [0.3, 0.4) is 0 Å². The molecule has 0 atom stereocenters. The molecule has 2 N–H and O–H groups in total. The average Bonchev–Trinajstić information content (AvgIpc) is 2.77. The van der Waals surface area contributed by atoms with Crippen LogP contribution >= 0.6 is 0 Å². The van der Waals surface area contributed by atoms with Gasteiger partial charge in [-0.25, -0.2) is 0 Å². The standard InChI is InChI=1S/C9H16N4O3S/c1-2-8-7-10-11-9(8)12-17(14,15)13-3-5-16-6-4-13/h7H,2-6H2,1H3,(H2,10,11,12). The van der Waals surface area contributed by atoms with E-state index in [4.69, 9.17) is 4.74 Å². The molecule has 1 aromatic heterocycles. The van der Waals surface area contributed by atoms with E-state index < -0.39 is 10.2 Å². The van der Waals surface area contributed by atoms with Gasteiger partial charge in [-0.1, -0.05) is 6.92 Å². The van der Waals surface area contributed by atoms with Gasteiger partial charge in [-0.3, -0.25) is 9.82 Å². The van der Waals surface area contributed by atoms with Crippen molar-refractivity contribution in [2.24, 2.45) is 0 Å². The number of aromatic amines is 1. The van der Waals surface area contributed by atoms with Gasteiger partial charge in [0.1, 0.15) is 5.82 Å². The molecule has 0 bridgehead atoms. The smallest absolute Gasteiger partial charge is 0.302 e. The van der Waals surface area contributed by atoms with Crippen molar-refractivity contribution < 1.29 is 13.2 Å². The third-order valence-corrected chi connectivity index (χ3v) is 4.15. The second-order valence-corrected chi connectivity index (χ2v) is 5.41. The number of morpholine rings is 1. The first kappa shape index (κ1) is 12.3. The summed E-state index contributed by atoms with van der Waals surface area (Å²) >= 11 is 0. The molecule has 2 heterocycles. The van der Waals surface area contributed by atoms with Gasteiger partial charge in [-0.2, -0.15) is 17.8 Å². The lowest BCUT2D eigenvalue weighted by molar-refractivity contribution is 0.0733. The van der Waals surface area contributed by atoms with Crippen LogP contribution in [0.25, 0.3) is 0 Å². The van der Waals surface area contributed by atoms with Crippen LogP contribution in [-0.4, -0.2) is 49.2 Å². The molecule has 0 aromatic carbocycles. The Morgan fingerprint density at radius 2 is 2.24 bits per heavy atom. The van der Waals surface area contributed by atoms with Crippen molar-refractivity contribution in [3.8, 4) is 0 Å². The van der Waals surface area contributed by atoms with Crippen LogP contribution in [0.15, 0.2) is 6.20 Å². The Balaban J connectivity index is 2.11. The van der Waals surface area contributed by atoms with E-state index >= 15 is 0 Å². The van der Waals surface area contributed by atoms with Gasteiger partial charge in [0.2, 0.25) is 0 Å². The maximum atomic E-state index is 12.0. The number of ether oxygens (including phenoxy) is 1. The largest absolute Gasteiger partial charge is 0.379 e. The van der Waals surface area contributed by atoms with Crippen LogP contribution in [0, 0.1) is 0 Å². The summed E-state index contributed by atoms with van der Waals surface area (Å²) in [6.07, 6.45) is 2.34. The van der Waals surface area contributed by atoms with E-state index in [1.807, 2.05) is 6.92 Å². The second kappa shape index (κ2) is 5.03. The predicted octanol–water partition coefficient (Wildman–Crippen LogP) is -0.0390. The monoisotopic (exact) mass is 260 g/mol. The van der Waals surface area contributed by atoms with Crippen LogP contribution in [0.5, 0.6) is 0 Å². The first-order valence-corrected chi connectivity index (χ1v) is 6.95. The number of hydrogen-bond donors (Lipinski definition) is 2. The summed E-state index contributed by atoms with van der Waals surface area (Å²) in [5.41, 5.74) is 0.849. The van der Waals surface area contributed by atoms with Crippen LogP contribution in [0.1, 0.15) is 12.5 Å². The Morgan fingerprint density at radius 3 is 2.88 bits per heavy atom. The molecule has 0 radical (unpaired) electrons. The summed E-state index contributed by atoms with van der Waals surface area (Å²) in [6, 6.07) is 0. The SMILES string of the molecule is CCc1cn[nH]c1NS(=O)(=O)N1CCOCC1. The van der Waals surface area contributed by atoms with Gasteiger partial charge in [-0.15, -0.1) is 0 Å². The maximum Gasteiger partial charge on any atom is 0.302 e. The number of nitrogens with one attached hydrogen (secondary N) is 2. The fraction of sp³-hybridized carbons (Fsp3) is 0.667. The van der Waals surface area contributed by atoms with E-state index in [1.54, 1.807) is 6.20 Å². The predicted molar refractivity (Wildman–Crippen MR) is 62.9 cm³/mol. The molecule has 1 fully saturated rings. The molecular formula is C9H16N4O3S. The molecule has 0 amide bonds. The average molecular weight is 260 g/mol. The molecule has 96 valence electrons. The Labute approximate surface area is 100 Å². The number of H-pyrrole nitrogens is 1. The Hall–Kier alpha value is -1.12. The number of aromatic nitrogens is 2. The summed E-state index contributed by atoms with van der Waals surface area (Å²) in [7, 11) is -3.51. The van der Waals surface area contributed by atoms with Gasteiger partial charge < -0.3 is 4.74 Å². The number of rotatable bonds is 4. The van der Waals surface area contributed by atoms with Crippen LogP contribution in [0.2, 0.25) is 0 Å². The van der Waals surface area contributed by atoms with Crippen LogP contribution in [0.4, 0.5) is 5.82 Å². The van der Waals surface area contributed by atoms with E-state index in [0.29, 0.717) is 32.1 Å². The summed E-state index contributed by atoms with van der Waals surface area (Å²) < 4.78 is 33.1. The van der Waals surface area contributed by atoms with Crippen molar-refractivity contribution in [1.29, 1.82) is 0 Å². The van der Waals surface area contributed by atoms with E-state index in [0.717, 1.165) is 12.0 Å². The minimum atomic E-state index is -3.51. The lowest BCUT2D eigenvalue weighted by atomic mass is 10.3. The molecule has 1 saturated heterocycles. The highest BCUT2D eigenvalue weighted by molar-refractivity contribution is 7.90. The summed E-state index contributed by atoms with van der Waals surface area (Å²) in [4.78, 5) is 0. The van der Waals surface area contributed by atoms with Gasteiger partial charge in [0.25, 0.3) is 0 Å². The van der Waals surface area contributed by atoms with E-state index in [2.05, 4.69) is 14.9 Å². The zero-order valence-electron chi connectivity index (χ0n) is 9.64. The van der Waals surface area contributed by atoms with Gasteiger partial charge >= 0.3 is 10.2 Å². The molecule has 2 rings (SSSR count).